The highest BCUT2D eigenvalue weighted by Gasteiger charge is 2.33. The van der Waals surface area contributed by atoms with Crippen LogP contribution in [0.5, 0.6) is 0 Å². The zero-order chi connectivity index (χ0) is 21.8. The van der Waals surface area contributed by atoms with Gasteiger partial charge in [-0.3, -0.25) is 0 Å². The fourth-order valence-corrected chi connectivity index (χ4v) is 3.53. The molecular weight excluding hydrogens is 400 g/mol. The molecule has 0 atom stereocenters. The third-order valence-corrected chi connectivity index (χ3v) is 4.95. The zero-order valence-electron chi connectivity index (χ0n) is 17.2. The molecule has 0 N–H and O–H groups in total. The summed E-state index contributed by atoms with van der Waals surface area (Å²) in [6.45, 7) is 1.13. The van der Waals surface area contributed by atoms with E-state index in [-0.39, 0.29) is 17.0 Å². The number of hydrogen-bond acceptors (Lipinski definition) is 7. The average Bonchev–Trinajstić information content (AvgIpc) is 3.24. The van der Waals surface area contributed by atoms with E-state index in [1.807, 2.05) is 42.5 Å². The minimum absolute atomic E-state index is 0.0152. The molecule has 0 bridgehead atoms. The number of benzene rings is 2. The van der Waals surface area contributed by atoms with Gasteiger partial charge in [0.15, 0.2) is 12.0 Å². The Morgan fingerprint density at radius 1 is 0.935 bits per heavy atom. The molecule has 0 aliphatic carbocycles. The number of para-hydroxylation sites is 1. The normalized spacial score (nSPS) is 14.3. The molecule has 0 radical (unpaired) electrons. The molecule has 0 amide bonds. The molecule has 2 aromatic carbocycles. The van der Waals surface area contributed by atoms with E-state index in [0.29, 0.717) is 30.0 Å². The van der Waals surface area contributed by atoms with Crippen molar-refractivity contribution in [3.63, 3.8) is 0 Å². The standard InChI is InChI=1S/C23H22N2O6/c1-28-21(26)18-19(16-11-6-7-12-17(16)23-30-13-8-14-31-23)24-25(20(18)22(27)29-2)15-9-4-3-5-10-15/h3-7,9-12,23H,8,13-14H2,1-2H3. The summed E-state index contributed by atoms with van der Waals surface area (Å²) in [4.78, 5) is 25.6. The number of ether oxygens (including phenoxy) is 4. The summed E-state index contributed by atoms with van der Waals surface area (Å²) in [5.74, 6) is -1.40. The Bertz CT molecular complexity index is 1090. The van der Waals surface area contributed by atoms with Crippen LogP contribution in [0.3, 0.4) is 0 Å². The average molecular weight is 422 g/mol. The number of nitrogens with zero attached hydrogens (tertiary/aromatic N) is 2. The molecule has 2 heterocycles. The highest BCUT2D eigenvalue weighted by molar-refractivity contribution is 6.07. The third-order valence-electron chi connectivity index (χ3n) is 4.95. The van der Waals surface area contributed by atoms with Crippen LogP contribution in [0.1, 0.15) is 39.1 Å². The van der Waals surface area contributed by atoms with Crippen LogP contribution in [0.2, 0.25) is 0 Å². The van der Waals surface area contributed by atoms with E-state index in [0.717, 1.165) is 6.42 Å². The molecule has 160 valence electrons. The van der Waals surface area contributed by atoms with Gasteiger partial charge in [0.05, 0.1) is 33.1 Å². The molecule has 1 aliphatic heterocycles. The first-order valence-corrected chi connectivity index (χ1v) is 9.83. The van der Waals surface area contributed by atoms with Gasteiger partial charge in [-0.2, -0.15) is 5.10 Å². The number of carbonyl (C=O) groups is 2. The predicted molar refractivity (Wildman–Crippen MR) is 111 cm³/mol. The molecule has 0 saturated carbocycles. The highest BCUT2D eigenvalue weighted by Crippen LogP contribution is 2.36. The molecule has 3 aromatic rings. The molecule has 1 fully saturated rings. The molecule has 4 rings (SSSR count). The van der Waals surface area contributed by atoms with E-state index < -0.39 is 18.2 Å². The summed E-state index contributed by atoms with van der Waals surface area (Å²) in [6.07, 6.45) is 0.209. The summed E-state index contributed by atoms with van der Waals surface area (Å²) < 4.78 is 22.9. The third kappa shape index (κ3) is 3.95. The minimum atomic E-state index is -0.703. The van der Waals surface area contributed by atoms with Crippen LogP contribution in [-0.4, -0.2) is 49.2 Å². The van der Waals surface area contributed by atoms with Crippen molar-refractivity contribution in [3.05, 3.63) is 71.4 Å². The highest BCUT2D eigenvalue weighted by atomic mass is 16.7. The van der Waals surface area contributed by atoms with Gasteiger partial charge in [-0.1, -0.05) is 42.5 Å². The summed E-state index contributed by atoms with van der Waals surface area (Å²) in [6, 6.07) is 16.4. The van der Waals surface area contributed by atoms with Crippen molar-refractivity contribution in [3.8, 4) is 16.9 Å². The van der Waals surface area contributed by atoms with Crippen LogP contribution in [0.25, 0.3) is 16.9 Å². The van der Waals surface area contributed by atoms with Crippen LogP contribution >= 0.6 is 0 Å². The van der Waals surface area contributed by atoms with E-state index in [2.05, 4.69) is 5.10 Å². The van der Waals surface area contributed by atoms with E-state index in [1.54, 1.807) is 12.1 Å². The van der Waals surface area contributed by atoms with Crippen molar-refractivity contribution >= 4 is 11.9 Å². The van der Waals surface area contributed by atoms with Crippen LogP contribution in [0, 0.1) is 0 Å². The lowest BCUT2D eigenvalue weighted by Crippen LogP contribution is -2.18. The van der Waals surface area contributed by atoms with Gasteiger partial charge in [-0.05, 0) is 18.6 Å². The Morgan fingerprint density at radius 3 is 2.26 bits per heavy atom. The van der Waals surface area contributed by atoms with Crippen LogP contribution in [0.15, 0.2) is 54.6 Å². The van der Waals surface area contributed by atoms with E-state index in [9.17, 15) is 9.59 Å². The van der Waals surface area contributed by atoms with Gasteiger partial charge in [0.25, 0.3) is 0 Å². The molecule has 8 nitrogen and oxygen atoms in total. The first-order chi connectivity index (χ1) is 15.2. The largest absolute Gasteiger partial charge is 0.465 e. The van der Waals surface area contributed by atoms with Crippen LogP contribution in [0.4, 0.5) is 0 Å². The van der Waals surface area contributed by atoms with Gasteiger partial charge in [0.2, 0.25) is 0 Å². The van der Waals surface area contributed by atoms with Gasteiger partial charge in [0, 0.05) is 11.1 Å². The Kier molecular flexibility index (Phi) is 6.11. The lowest BCUT2D eigenvalue weighted by molar-refractivity contribution is -0.182. The van der Waals surface area contributed by atoms with E-state index in [1.165, 1.54) is 18.9 Å². The van der Waals surface area contributed by atoms with Crippen molar-refractivity contribution in [2.75, 3.05) is 27.4 Å². The SMILES string of the molecule is COC(=O)c1c(-c2ccccc2C2OCCCO2)nn(-c2ccccc2)c1C(=O)OC. The Balaban J connectivity index is 1.98. The Labute approximate surface area is 179 Å². The minimum Gasteiger partial charge on any atom is -0.465 e. The summed E-state index contributed by atoms with van der Waals surface area (Å²) in [7, 11) is 2.51. The fourth-order valence-electron chi connectivity index (χ4n) is 3.53. The van der Waals surface area contributed by atoms with Crippen molar-refractivity contribution in [1.29, 1.82) is 0 Å². The maximum atomic E-state index is 12.8. The second-order valence-corrected chi connectivity index (χ2v) is 6.82. The molecular formula is C23H22N2O6. The zero-order valence-corrected chi connectivity index (χ0v) is 17.2. The molecule has 1 aromatic heterocycles. The second kappa shape index (κ2) is 9.11. The lowest BCUT2D eigenvalue weighted by atomic mass is 9.99. The van der Waals surface area contributed by atoms with Gasteiger partial charge in [0.1, 0.15) is 11.3 Å². The van der Waals surface area contributed by atoms with E-state index in [4.69, 9.17) is 18.9 Å². The molecule has 8 heteroatoms. The number of esters is 2. The quantitative estimate of drug-likeness (QED) is 0.581. The second-order valence-electron chi connectivity index (χ2n) is 6.82. The van der Waals surface area contributed by atoms with Gasteiger partial charge in [-0.15, -0.1) is 0 Å². The Morgan fingerprint density at radius 2 is 1.58 bits per heavy atom. The maximum absolute atomic E-state index is 12.8. The number of carbonyl (C=O) groups excluding carboxylic acids is 2. The van der Waals surface area contributed by atoms with Gasteiger partial charge >= 0.3 is 11.9 Å². The predicted octanol–water partition coefficient (Wildman–Crippen LogP) is 3.55. The Hall–Kier alpha value is -3.49. The van der Waals surface area contributed by atoms with Gasteiger partial charge in [-0.25, -0.2) is 14.3 Å². The van der Waals surface area contributed by atoms with E-state index >= 15 is 0 Å². The summed E-state index contributed by atoms with van der Waals surface area (Å²) >= 11 is 0. The first kappa shape index (κ1) is 20.8. The topological polar surface area (TPSA) is 88.9 Å². The fraction of sp³-hybridized carbons (Fsp3) is 0.261. The molecule has 1 aliphatic rings. The molecule has 31 heavy (non-hydrogen) atoms. The number of rotatable bonds is 5. The number of hydrogen-bond donors (Lipinski definition) is 0. The molecule has 0 unspecified atom stereocenters. The molecule has 0 spiro atoms. The number of methoxy groups -OCH3 is 2. The van der Waals surface area contributed by atoms with Gasteiger partial charge < -0.3 is 18.9 Å². The summed E-state index contributed by atoms with van der Waals surface area (Å²) in [5.41, 5.74) is 2.19. The molecule has 1 saturated heterocycles. The van der Waals surface area contributed by atoms with Crippen molar-refractivity contribution in [2.45, 2.75) is 12.7 Å². The van der Waals surface area contributed by atoms with Crippen molar-refractivity contribution in [1.82, 2.24) is 9.78 Å². The van der Waals surface area contributed by atoms with Crippen molar-refractivity contribution in [2.24, 2.45) is 0 Å². The van der Waals surface area contributed by atoms with Crippen LogP contribution in [-0.2, 0) is 18.9 Å². The smallest absolute Gasteiger partial charge is 0.357 e. The van der Waals surface area contributed by atoms with Crippen LogP contribution < -0.4 is 0 Å². The lowest BCUT2D eigenvalue weighted by Gasteiger charge is -2.25. The van der Waals surface area contributed by atoms with Crippen molar-refractivity contribution < 1.29 is 28.5 Å². The maximum Gasteiger partial charge on any atom is 0.357 e. The first-order valence-electron chi connectivity index (χ1n) is 9.83. The number of aromatic nitrogens is 2. The monoisotopic (exact) mass is 422 g/mol. The summed E-state index contributed by atoms with van der Waals surface area (Å²) in [5, 5.41) is 4.65.